The SMILES string of the molecule is Cc1cccc(C)c1NC(=O)c1cccc(S(=O)(=O)NCc2ccccc2)c1. The second kappa shape index (κ2) is 8.37. The van der Waals surface area contributed by atoms with Gasteiger partial charge in [-0.1, -0.05) is 54.6 Å². The van der Waals surface area contributed by atoms with E-state index in [1.54, 1.807) is 12.1 Å². The van der Waals surface area contributed by atoms with Crippen LogP contribution < -0.4 is 10.0 Å². The van der Waals surface area contributed by atoms with Crippen molar-refractivity contribution in [3.8, 4) is 0 Å². The number of aryl methyl sites for hydroxylation is 2. The molecular weight excluding hydrogens is 372 g/mol. The van der Waals surface area contributed by atoms with E-state index in [4.69, 9.17) is 0 Å². The third kappa shape index (κ3) is 4.65. The predicted octanol–water partition coefficient (Wildman–Crippen LogP) is 4.03. The number of anilines is 1. The molecule has 0 radical (unpaired) electrons. The van der Waals surface area contributed by atoms with E-state index >= 15 is 0 Å². The second-order valence-corrected chi connectivity index (χ2v) is 8.33. The molecule has 3 aromatic carbocycles. The number of carbonyl (C=O) groups is 1. The fourth-order valence-corrected chi connectivity index (χ4v) is 3.92. The number of hydrogen-bond acceptors (Lipinski definition) is 3. The molecule has 3 aromatic rings. The molecule has 0 bridgehead atoms. The third-order valence-corrected chi connectivity index (χ3v) is 5.83. The quantitative estimate of drug-likeness (QED) is 0.663. The van der Waals surface area contributed by atoms with Crippen LogP contribution in [-0.2, 0) is 16.6 Å². The topological polar surface area (TPSA) is 75.3 Å². The highest BCUT2D eigenvalue weighted by Gasteiger charge is 2.17. The first kappa shape index (κ1) is 19.8. The molecule has 0 aliphatic rings. The second-order valence-electron chi connectivity index (χ2n) is 6.56. The summed E-state index contributed by atoms with van der Waals surface area (Å²) >= 11 is 0. The molecule has 28 heavy (non-hydrogen) atoms. The van der Waals surface area contributed by atoms with E-state index in [1.807, 2.05) is 62.4 Å². The van der Waals surface area contributed by atoms with Crippen molar-refractivity contribution in [3.63, 3.8) is 0 Å². The molecule has 0 aliphatic carbocycles. The number of hydrogen-bond donors (Lipinski definition) is 2. The smallest absolute Gasteiger partial charge is 0.255 e. The van der Waals surface area contributed by atoms with E-state index < -0.39 is 10.0 Å². The third-order valence-electron chi connectivity index (χ3n) is 4.44. The minimum atomic E-state index is -3.73. The summed E-state index contributed by atoms with van der Waals surface area (Å²) in [5.74, 6) is -0.350. The lowest BCUT2D eigenvalue weighted by Crippen LogP contribution is -2.23. The van der Waals surface area contributed by atoms with Crippen LogP contribution in [0, 0.1) is 13.8 Å². The number of benzene rings is 3. The number of carbonyl (C=O) groups excluding carboxylic acids is 1. The van der Waals surface area contributed by atoms with Gasteiger partial charge in [0.1, 0.15) is 0 Å². The van der Waals surface area contributed by atoms with Crippen molar-refractivity contribution in [3.05, 3.63) is 95.1 Å². The predicted molar refractivity (Wildman–Crippen MR) is 111 cm³/mol. The van der Waals surface area contributed by atoms with Gasteiger partial charge >= 0.3 is 0 Å². The molecule has 1 amide bonds. The first-order valence-electron chi connectivity index (χ1n) is 8.88. The number of nitrogens with one attached hydrogen (secondary N) is 2. The van der Waals surface area contributed by atoms with Crippen LogP contribution in [0.4, 0.5) is 5.69 Å². The fourth-order valence-electron chi connectivity index (χ4n) is 2.86. The van der Waals surface area contributed by atoms with E-state index in [0.717, 1.165) is 22.4 Å². The van der Waals surface area contributed by atoms with Crippen molar-refractivity contribution in [2.45, 2.75) is 25.3 Å². The van der Waals surface area contributed by atoms with Gasteiger partial charge in [-0.05, 0) is 48.7 Å². The van der Waals surface area contributed by atoms with Crippen LogP contribution in [0.25, 0.3) is 0 Å². The number of sulfonamides is 1. The molecule has 3 rings (SSSR count). The zero-order valence-corrected chi connectivity index (χ0v) is 16.6. The van der Waals surface area contributed by atoms with Gasteiger partial charge in [0.25, 0.3) is 5.91 Å². The van der Waals surface area contributed by atoms with Gasteiger partial charge in [-0.25, -0.2) is 13.1 Å². The summed E-state index contributed by atoms with van der Waals surface area (Å²) in [6.45, 7) is 4.01. The lowest BCUT2D eigenvalue weighted by molar-refractivity contribution is 0.102. The molecule has 144 valence electrons. The molecule has 5 nitrogen and oxygen atoms in total. The summed E-state index contributed by atoms with van der Waals surface area (Å²) in [6, 6.07) is 21.0. The standard InChI is InChI=1S/C22H22N2O3S/c1-16-8-6-9-17(2)21(16)24-22(25)19-12-7-13-20(14-19)28(26,27)23-15-18-10-4-3-5-11-18/h3-14,23H,15H2,1-2H3,(H,24,25). The van der Waals surface area contributed by atoms with Crippen LogP contribution in [0.5, 0.6) is 0 Å². The minimum Gasteiger partial charge on any atom is -0.322 e. The largest absolute Gasteiger partial charge is 0.322 e. The Morgan fingerprint density at radius 1 is 0.857 bits per heavy atom. The molecule has 0 aliphatic heterocycles. The minimum absolute atomic E-state index is 0.0533. The lowest BCUT2D eigenvalue weighted by atomic mass is 10.1. The Morgan fingerprint density at radius 3 is 2.18 bits per heavy atom. The van der Waals surface area contributed by atoms with Crippen molar-refractivity contribution >= 4 is 21.6 Å². The summed E-state index contributed by atoms with van der Waals surface area (Å²) in [6.07, 6.45) is 0. The molecule has 0 spiro atoms. The van der Waals surface area contributed by atoms with Crippen LogP contribution in [0.3, 0.4) is 0 Å². The highest BCUT2D eigenvalue weighted by atomic mass is 32.2. The molecule has 0 atom stereocenters. The van der Waals surface area contributed by atoms with E-state index in [1.165, 1.54) is 12.1 Å². The zero-order chi connectivity index (χ0) is 20.1. The van der Waals surface area contributed by atoms with E-state index in [2.05, 4.69) is 10.0 Å². The Balaban J connectivity index is 1.78. The van der Waals surface area contributed by atoms with Gasteiger partial charge in [-0.2, -0.15) is 0 Å². The van der Waals surface area contributed by atoms with Crippen molar-refractivity contribution in [1.82, 2.24) is 4.72 Å². The van der Waals surface area contributed by atoms with Gasteiger partial charge in [0.2, 0.25) is 10.0 Å². The van der Waals surface area contributed by atoms with Crippen molar-refractivity contribution in [1.29, 1.82) is 0 Å². The molecule has 0 unspecified atom stereocenters. The normalized spacial score (nSPS) is 11.2. The molecule has 0 aromatic heterocycles. The molecule has 2 N–H and O–H groups in total. The van der Waals surface area contributed by atoms with Crippen LogP contribution in [-0.4, -0.2) is 14.3 Å². The summed E-state index contributed by atoms with van der Waals surface area (Å²) in [5, 5.41) is 2.88. The van der Waals surface area contributed by atoms with Crippen LogP contribution in [0.2, 0.25) is 0 Å². The van der Waals surface area contributed by atoms with E-state index in [0.29, 0.717) is 0 Å². The maximum atomic E-state index is 12.7. The first-order valence-corrected chi connectivity index (χ1v) is 10.4. The Labute approximate surface area is 165 Å². The molecule has 0 saturated heterocycles. The van der Waals surface area contributed by atoms with Crippen molar-refractivity contribution in [2.24, 2.45) is 0 Å². The van der Waals surface area contributed by atoms with Crippen LogP contribution >= 0.6 is 0 Å². The monoisotopic (exact) mass is 394 g/mol. The highest BCUT2D eigenvalue weighted by Crippen LogP contribution is 2.21. The van der Waals surface area contributed by atoms with Crippen LogP contribution in [0.15, 0.2) is 77.7 Å². The van der Waals surface area contributed by atoms with Gasteiger partial charge < -0.3 is 5.32 Å². The summed E-state index contributed by atoms with van der Waals surface area (Å²) in [4.78, 5) is 12.7. The van der Waals surface area contributed by atoms with Gasteiger partial charge in [0, 0.05) is 17.8 Å². The number of rotatable bonds is 6. The van der Waals surface area contributed by atoms with E-state index in [9.17, 15) is 13.2 Å². The zero-order valence-electron chi connectivity index (χ0n) is 15.8. The van der Waals surface area contributed by atoms with Gasteiger partial charge in [0.05, 0.1) is 4.90 Å². The molecular formula is C22H22N2O3S. The number of para-hydroxylation sites is 1. The Morgan fingerprint density at radius 2 is 1.50 bits per heavy atom. The van der Waals surface area contributed by atoms with Crippen molar-refractivity contribution < 1.29 is 13.2 Å². The maximum absolute atomic E-state index is 12.7. The Kier molecular flexibility index (Phi) is 5.92. The van der Waals surface area contributed by atoms with Crippen LogP contribution in [0.1, 0.15) is 27.0 Å². The summed E-state index contributed by atoms with van der Waals surface area (Å²) in [7, 11) is -3.73. The van der Waals surface area contributed by atoms with Crippen molar-refractivity contribution in [2.75, 3.05) is 5.32 Å². The highest BCUT2D eigenvalue weighted by molar-refractivity contribution is 7.89. The molecule has 0 heterocycles. The average Bonchev–Trinajstić information content (AvgIpc) is 2.70. The van der Waals surface area contributed by atoms with Gasteiger partial charge in [-0.3, -0.25) is 4.79 Å². The Bertz CT molecular complexity index is 1070. The first-order chi connectivity index (χ1) is 13.4. The molecule has 0 fully saturated rings. The average molecular weight is 394 g/mol. The van der Waals surface area contributed by atoms with Gasteiger partial charge in [-0.15, -0.1) is 0 Å². The maximum Gasteiger partial charge on any atom is 0.255 e. The number of amides is 1. The Hall–Kier alpha value is -2.96. The fraction of sp³-hybridized carbons (Fsp3) is 0.136. The lowest BCUT2D eigenvalue weighted by Gasteiger charge is -2.12. The summed E-state index contributed by atoms with van der Waals surface area (Å²) < 4.78 is 27.8. The van der Waals surface area contributed by atoms with E-state index in [-0.39, 0.29) is 22.9 Å². The molecule has 6 heteroatoms. The van der Waals surface area contributed by atoms with Gasteiger partial charge in [0.15, 0.2) is 0 Å². The summed E-state index contributed by atoms with van der Waals surface area (Å²) in [5.41, 5.74) is 3.77. The molecule has 0 saturated carbocycles.